The van der Waals surface area contributed by atoms with Crippen LogP contribution in [0.1, 0.15) is 16.6 Å². The van der Waals surface area contributed by atoms with Gasteiger partial charge in [-0.1, -0.05) is 53.6 Å². The van der Waals surface area contributed by atoms with Crippen LogP contribution in [0.2, 0.25) is 0 Å². The van der Waals surface area contributed by atoms with Gasteiger partial charge in [-0.15, -0.1) is 16.4 Å². The van der Waals surface area contributed by atoms with Gasteiger partial charge in [0.1, 0.15) is 4.88 Å². The summed E-state index contributed by atoms with van der Waals surface area (Å²) < 4.78 is 15.9. The Morgan fingerprint density at radius 1 is 1.00 bits per heavy atom. The summed E-state index contributed by atoms with van der Waals surface area (Å²) in [6.45, 7) is 1.59. The SMILES string of the molecule is CCOC(=O)c1sc(-c2ccccc2)cc1NC(=O)COc1nnc(-c2ccccc2)o1. The predicted molar refractivity (Wildman–Crippen MR) is 120 cm³/mol. The summed E-state index contributed by atoms with van der Waals surface area (Å²) in [5, 5.41) is 10.4. The van der Waals surface area contributed by atoms with Gasteiger partial charge in [-0.2, -0.15) is 0 Å². The molecule has 0 aliphatic rings. The zero-order chi connectivity index (χ0) is 22.3. The topological polar surface area (TPSA) is 104 Å². The number of benzene rings is 2. The summed E-state index contributed by atoms with van der Waals surface area (Å²) in [7, 11) is 0. The molecule has 0 saturated heterocycles. The van der Waals surface area contributed by atoms with E-state index in [0.29, 0.717) is 10.6 Å². The quantitative estimate of drug-likeness (QED) is 0.390. The van der Waals surface area contributed by atoms with Crippen molar-refractivity contribution in [3.05, 3.63) is 71.6 Å². The highest BCUT2D eigenvalue weighted by atomic mass is 32.1. The van der Waals surface area contributed by atoms with Crippen LogP contribution in [0.4, 0.5) is 5.69 Å². The number of thiophene rings is 1. The molecule has 2 aromatic carbocycles. The van der Waals surface area contributed by atoms with Crippen molar-refractivity contribution >= 4 is 28.9 Å². The Labute approximate surface area is 187 Å². The number of aromatic nitrogens is 2. The van der Waals surface area contributed by atoms with Crippen molar-refractivity contribution in [2.75, 3.05) is 18.5 Å². The lowest BCUT2D eigenvalue weighted by Crippen LogP contribution is -2.21. The largest absolute Gasteiger partial charge is 0.462 e. The monoisotopic (exact) mass is 449 g/mol. The molecule has 8 nitrogen and oxygen atoms in total. The first-order valence-electron chi connectivity index (χ1n) is 9.82. The Bertz CT molecular complexity index is 1200. The Morgan fingerprint density at radius 3 is 2.38 bits per heavy atom. The fourth-order valence-corrected chi connectivity index (χ4v) is 3.87. The van der Waals surface area contributed by atoms with E-state index in [1.165, 1.54) is 11.3 Å². The number of carbonyl (C=O) groups excluding carboxylic acids is 2. The van der Waals surface area contributed by atoms with Gasteiger partial charge in [0.05, 0.1) is 12.3 Å². The first-order chi connectivity index (χ1) is 15.6. The van der Waals surface area contributed by atoms with Crippen LogP contribution in [0, 0.1) is 0 Å². The second-order valence-electron chi connectivity index (χ2n) is 6.52. The number of rotatable bonds is 8. The van der Waals surface area contributed by atoms with Gasteiger partial charge >= 0.3 is 12.0 Å². The summed E-state index contributed by atoms with van der Waals surface area (Å²) in [5.41, 5.74) is 2.03. The molecular formula is C23H19N3O5S. The highest BCUT2D eigenvalue weighted by Crippen LogP contribution is 2.35. The third kappa shape index (κ3) is 5.01. The van der Waals surface area contributed by atoms with E-state index in [0.717, 1.165) is 16.0 Å². The van der Waals surface area contributed by atoms with Crippen LogP contribution in [-0.4, -0.2) is 35.3 Å². The number of anilines is 1. The second kappa shape index (κ2) is 9.88. The maximum Gasteiger partial charge on any atom is 0.415 e. The molecule has 1 N–H and O–H groups in total. The van der Waals surface area contributed by atoms with Crippen molar-refractivity contribution in [1.82, 2.24) is 10.2 Å². The first-order valence-corrected chi connectivity index (χ1v) is 10.6. The van der Waals surface area contributed by atoms with Gasteiger partial charge in [0.2, 0.25) is 0 Å². The highest BCUT2D eigenvalue weighted by molar-refractivity contribution is 7.18. The minimum Gasteiger partial charge on any atom is -0.462 e. The van der Waals surface area contributed by atoms with E-state index in [2.05, 4.69) is 15.5 Å². The Morgan fingerprint density at radius 2 is 1.69 bits per heavy atom. The van der Waals surface area contributed by atoms with Crippen LogP contribution < -0.4 is 10.1 Å². The summed E-state index contributed by atoms with van der Waals surface area (Å²) >= 11 is 1.25. The lowest BCUT2D eigenvalue weighted by molar-refractivity contribution is -0.118. The third-order valence-corrected chi connectivity index (χ3v) is 5.44. The van der Waals surface area contributed by atoms with Crippen LogP contribution in [-0.2, 0) is 9.53 Å². The number of ether oxygens (including phenoxy) is 2. The summed E-state index contributed by atoms with van der Waals surface area (Å²) in [6.07, 6.45) is -0.125. The molecule has 1 amide bonds. The van der Waals surface area contributed by atoms with Crippen molar-refractivity contribution in [3.8, 4) is 28.0 Å². The van der Waals surface area contributed by atoms with Crippen LogP contribution >= 0.6 is 11.3 Å². The van der Waals surface area contributed by atoms with E-state index >= 15 is 0 Å². The fraction of sp³-hybridized carbons (Fsp3) is 0.130. The number of hydrogen-bond acceptors (Lipinski definition) is 8. The number of amides is 1. The van der Waals surface area contributed by atoms with Crippen molar-refractivity contribution in [1.29, 1.82) is 0 Å². The minimum absolute atomic E-state index is 0.125. The lowest BCUT2D eigenvalue weighted by atomic mass is 10.2. The molecule has 2 heterocycles. The Kier molecular flexibility index (Phi) is 6.57. The lowest BCUT2D eigenvalue weighted by Gasteiger charge is -2.06. The summed E-state index contributed by atoms with van der Waals surface area (Å²) in [6, 6.07) is 20.5. The average Bonchev–Trinajstić information content (AvgIpc) is 3.47. The highest BCUT2D eigenvalue weighted by Gasteiger charge is 2.20. The molecular weight excluding hydrogens is 430 g/mol. The smallest absolute Gasteiger partial charge is 0.415 e. The van der Waals surface area contributed by atoms with Crippen LogP contribution in [0.5, 0.6) is 6.08 Å². The number of carbonyl (C=O) groups is 2. The number of nitrogens with one attached hydrogen (secondary N) is 1. The molecule has 2 aromatic heterocycles. The van der Waals surface area contributed by atoms with Gasteiger partial charge in [-0.05, 0) is 30.7 Å². The van der Waals surface area contributed by atoms with E-state index in [1.54, 1.807) is 13.0 Å². The molecule has 0 spiro atoms. The van der Waals surface area contributed by atoms with Crippen molar-refractivity contribution in [2.45, 2.75) is 6.92 Å². The molecule has 4 rings (SSSR count). The molecule has 0 radical (unpaired) electrons. The molecule has 0 bridgehead atoms. The second-order valence-corrected chi connectivity index (χ2v) is 7.57. The Hall–Kier alpha value is -3.98. The van der Waals surface area contributed by atoms with Gasteiger partial charge in [-0.25, -0.2) is 4.79 Å². The Balaban J connectivity index is 1.45. The van der Waals surface area contributed by atoms with Gasteiger partial charge in [0, 0.05) is 10.4 Å². The molecule has 0 aliphatic heterocycles. The van der Waals surface area contributed by atoms with E-state index < -0.39 is 11.9 Å². The predicted octanol–water partition coefficient (Wildman–Crippen LogP) is 4.66. The maximum absolute atomic E-state index is 12.5. The van der Waals surface area contributed by atoms with E-state index in [1.807, 2.05) is 60.7 Å². The van der Waals surface area contributed by atoms with Gasteiger partial charge in [0.25, 0.3) is 11.8 Å². The number of esters is 1. The normalized spacial score (nSPS) is 10.5. The zero-order valence-electron chi connectivity index (χ0n) is 17.1. The molecule has 32 heavy (non-hydrogen) atoms. The molecule has 162 valence electrons. The molecule has 0 saturated carbocycles. The molecule has 0 atom stereocenters. The molecule has 0 fully saturated rings. The van der Waals surface area contributed by atoms with Crippen molar-refractivity contribution in [3.63, 3.8) is 0 Å². The molecule has 4 aromatic rings. The van der Waals surface area contributed by atoms with Gasteiger partial charge in [-0.3, -0.25) is 4.79 Å². The molecule has 0 aliphatic carbocycles. The van der Waals surface area contributed by atoms with Gasteiger partial charge in [0.15, 0.2) is 6.61 Å². The molecule has 0 unspecified atom stereocenters. The summed E-state index contributed by atoms with van der Waals surface area (Å²) in [4.78, 5) is 26.0. The number of nitrogens with zero attached hydrogens (tertiary/aromatic N) is 2. The zero-order valence-corrected chi connectivity index (χ0v) is 17.9. The van der Waals surface area contributed by atoms with Gasteiger partial charge < -0.3 is 19.2 Å². The minimum atomic E-state index is -0.500. The fourth-order valence-electron chi connectivity index (χ4n) is 2.86. The van der Waals surface area contributed by atoms with E-state index in [4.69, 9.17) is 13.9 Å². The average molecular weight is 449 g/mol. The molecule has 9 heteroatoms. The third-order valence-electron chi connectivity index (χ3n) is 4.28. The van der Waals surface area contributed by atoms with Crippen LogP contribution in [0.3, 0.4) is 0 Å². The van der Waals surface area contributed by atoms with Crippen molar-refractivity contribution < 1.29 is 23.5 Å². The van der Waals surface area contributed by atoms with Crippen LogP contribution in [0.15, 0.2) is 71.1 Å². The summed E-state index contributed by atoms with van der Waals surface area (Å²) in [5.74, 6) is -0.691. The van der Waals surface area contributed by atoms with E-state index in [-0.39, 0.29) is 25.2 Å². The van der Waals surface area contributed by atoms with Crippen molar-refractivity contribution in [2.24, 2.45) is 0 Å². The number of hydrogen-bond donors (Lipinski definition) is 1. The van der Waals surface area contributed by atoms with Crippen LogP contribution in [0.25, 0.3) is 21.9 Å². The standard InChI is InChI=1S/C23H19N3O5S/c1-2-29-22(28)20-17(13-18(32-20)15-9-5-3-6-10-15)24-19(27)14-30-23-26-25-21(31-23)16-11-7-4-8-12-16/h3-13H,2,14H2,1H3,(H,24,27). The maximum atomic E-state index is 12.5. The van der Waals surface area contributed by atoms with E-state index in [9.17, 15) is 9.59 Å². The first kappa shape index (κ1) is 21.3.